The van der Waals surface area contributed by atoms with E-state index in [1.165, 1.54) is 11.3 Å². The highest BCUT2D eigenvalue weighted by molar-refractivity contribution is 6.45. The lowest BCUT2D eigenvalue weighted by molar-refractivity contribution is -0.199. The molecule has 0 aromatic carbocycles. The third-order valence-electron chi connectivity index (χ3n) is 9.48. The Balaban J connectivity index is 1.22. The second-order valence-corrected chi connectivity index (χ2v) is 11.1. The Kier molecular flexibility index (Phi) is 4.01. The van der Waals surface area contributed by atoms with Gasteiger partial charge in [0.1, 0.15) is 6.04 Å². The Bertz CT molecular complexity index is 759. The average Bonchev–Trinajstić information content (AvgIpc) is 3.26. The van der Waals surface area contributed by atoms with E-state index in [2.05, 4.69) is 20.8 Å². The lowest BCUT2D eigenvalue weighted by atomic mass is 9.43. The largest absolute Gasteiger partial charge is 0.480 e. The molecule has 7 nitrogen and oxygen atoms in total. The number of nitrogens with zero attached hydrogens (tertiary/aromatic N) is 1. The van der Waals surface area contributed by atoms with Gasteiger partial charge in [-0.1, -0.05) is 27.2 Å². The minimum absolute atomic E-state index is 0.131. The maximum Gasteiger partial charge on any atom is 0.457 e. The third kappa shape index (κ3) is 2.51. The Morgan fingerprint density at radius 1 is 1.14 bits per heavy atom. The van der Waals surface area contributed by atoms with Gasteiger partial charge in [0.15, 0.2) is 0 Å². The van der Waals surface area contributed by atoms with Crippen LogP contribution in [0.3, 0.4) is 0 Å². The van der Waals surface area contributed by atoms with Crippen LogP contribution >= 0.6 is 0 Å². The SMILES string of the molecule is CC1(C)[C@@H]2CC3OB(CCC[C@]4(C)C5CC5N(C(=O)O)[C@@H]4C(=O)O)O[C@@]3(C)[C@H]1C2. The second kappa shape index (κ2) is 5.91. The molecule has 3 unspecified atom stereocenters. The molecule has 0 aromatic rings. The van der Waals surface area contributed by atoms with Crippen LogP contribution in [0.4, 0.5) is 4.79 Å². The minimum atomic E-state index is -1.12. The van der Waals surface area contributed by atoms with Crippen molar-refractivity contribution in [1.82, 2.24) is 4.90 Å². The van der Waals surface area contributed by atoms with Crippen molar-refractivity contribution >= 4 is 19.2 Å². The third-order valence-corrected chi connectivity index (χ3v) is 9.48. The van der Waals surface area contributed by atoms with Crippen molar-refractivity contribution in [2.45, 2.75) is 89.9 Å². The van der Waals surface area contributed by atoms with Crippen molar-refractivity contribution in [3.8, 4) is 0 Å². The molecule has 29 heavy (non-hydrogen) atoms. The number of fused-ring (bicyclic) bond motifs is 1. The maximum atomic E-state index is 11.9. The van der Waals surface area contributed by atoms with Gasteiger partial charge in [-0.25, -0.2) is 9.59 Å². The van der Waals surface area contributed by atoms with Crippen LogP contribution in [0.5, 0.6) is 0 Å². The summed E-state index contributed by atoms with van der Waals surface area (Å²) in [4.78, 5) is 24.7. The first-order chi connectivity index (χ1) is 13.5. The summed E-state index contributed by atoms with van der Waals surface area (Å²) < 4.78 is 12.8. The van der Waals surface area contributed by atoms with Crippen LogP contribution in [-0.4, -0.2) is 58.1 Å². The van der Waals surface area contributed by atoms with Crippen molar-refractivity contribution in [1.29, 1.82) is 0 Å². The van der Waals surface area contributed by atoms with Crippen LogP contribution in [0.1, 0.15) is 59.8 Å². The molecule has 2 bridgehead atoms. The minimum Gasteiger partial charge on any atom is -0.480 e. The highest BCUT2D eigenvalue weighted by Crippen LogP contribution is 2.66. The highest BCUT2D eigenvalue weighted by atomic mass is 16.7. The van der Waals surface area contributed by atoms with Crippen LogP contribution in [-0.2, 0) is 14.1 Å². The van der Waals surface area contributed by atoms with Crippen LogP contribution < -0.4 is 0 Å². The number of hydrogen-bond donors (Lipinski definition) is 2. The quantitative estimate of drug-likeness (QED) is 0.682. The van der Waals surface area contributed by atoms with Gasteiger partial charge in [0.2, 0.25) is 0 Å². The Labute approximate surface area is 172 Å². The number of piperidine rings is 1. The Hall–Kier alpha value is -1.28. The van der Waals surface area contributed by atoms with Gasteiger partial charge in [0.25, 0.3) is 0 Å². The molecule has 0 radical (unpaired) electrons. The van der Waals surface area contributed by atoms with Crippen LogP contribution in [0, 0.1) is 28.6 Å². The van der Waals surface area contributed by atoms with Gasteiger partial charge in [0.05, 0.1) is 11.7 Å². The number of carboxylic acid groups (broad SMARTS) is 2. The summed E-state index contributed by atoms with van der Waals surface area (Å²) in [5.41, 5.74) is -0.421. The molecule has 1 amide bonds. The fourth-order valence-corrected chi connectivity index (χ4v) is 7.61. The predicted molar refractivity (Wildman–Crippen MR) is 105 cm³/mol. The van der Waals surface area contributed by atoms with Crippen molar-refractivity contribution in [2.24, 2.45) is 28.6 Å². The van der Waals surface area contributed by atoms with E-state index in [4.69, 9.17) is 9.31 Å². The summed E-state index contributed by atoms with van der Waals surface area (Å²) in [7, 11) is -0.237. The number of likely N-dealkylation sites (tertiary alicyclic amines) is 1. The zero-order valence-corrected chi connectivity index (χ0v) is 17.8. The summed E-state index contributed by atoms with van der Waals surface area (Å²) >= 11 is 0. The molecule has 4 saturated carbocycles. The molecule has 6 aliphatic rings. The molecule has 2 saturated heterocycles. The zero-order chi connectivity index (χ0) is 20.9. The van der Waals surface area contributed by atoms with E-state index in [9.17, 15) is 19.8 Å². The molecule has 0 spiro atoms. The van der Waals surface area contributed by atoms with E-state index >= 15 is 0 Å². The standard InChI is InChI=1S/C21H32BNO6/c1-19(2)11-8-14(19)21(4)15(9-11)28-22(29-21)7-5-6-20(3)12-10-13(12)23(18(26)27)16(20)17(24)25/h11-16H,5-10H2,1-4H3,(H,24,25)(H,26,27)/t11-,12?,13?,14-,15?,16+,20+,21-/m0/s1. The van der Waals surface area contributed by atoms with Crippen molar-refractivity contribution in [2.75, 3.05) is 0 Å². The van der Waals surface area contributed by atoms with Gasteiger partial charge < -0.3 is 19.5 Å². The normalized spacial score (nSPS) is 48.7. The number of rotatable bonds is 5. The summed E-state index contributed by atoms with van der Waals surface area (Å²) in [5.74, 6) is 0.369. The molecule has 160 valence electrons. The first kappa shape index (κ1) is 19.7. The van der Waals surface area contributed by atoms with Gasteiger partial charge in [-0.2, -0.15) is 0 Å². The predicted octanol–water partition coefficient (Wildman–Crippen LogP) is 3.34. The van der Waals surface area contributed by atoms with Crippen molar-refractivity contribution in [3.63, 3.8) is 0 Å². The van der Waals surface area contributed by atoms with Crippen LogP contribution in [0.2, 0.25) is 6.32 Å². The molecule has 0 aromatic heterocycles. The molecular formula is C21H32BNO6. The van der Waals surface area contributed by atoms with Gasteiger partial charge in [-0.05, 0) is 62.1 Å². The molecule has 6 rings (SSSR count). The van der Waals surface area contributed by atoms with E-state index in [1.54, 1.807) is 0 Å². The van der Waals surface area contributed by atoms with Gasteiger partial charge in [0, 0.05) is 11.5 Å². The Morgan fingerprint density at radius 2 is 1.86 bits per heavy atom. The molecule has 2 heterocycles. The second-order valence-electron chi connectivity index (χ2n) is 11.1. The number of carbonyl (C=O) groups is 2. The molecule has 8 heteroatoms. The lowest BCUT2D eigenvalue weighted by Crippen LogP contribution is -2.65. The maximum absolute atomic E-state index is 11.9. The summed E-state index contributed by atoms with van der Waals surface area (Å²) in [6.45, 7) is 8.85. The fourth-order valence-electron chi connectivity index (χ4n) is 7.61. The van der Waals surface area contributed by atoms with Crippen molar-refractivity contribution < 1.29 is 29.1 Å². The first-order valence-electron chi connectivity index (χ1n) is 11.1. The monoisotopic (exact) mass is 405 g/mol. The number of aliphatic carboxylic acids is 1. The number of amides is 1. The molecule has 4 aliphatic carbocycles. The average molecular weight is 405 g/mol. The Morgan fingerprint density at radius 3 is 2.48 bits per heavy atom. The van der Waals surface area contributed by atoms with Crippen molar-refractivity contribution in [3.05, 3.63) is 0 Å². The van der Waals surface area contributed by atoms with Gasteiger partial charge in [-0.15, -0.1) is 0 Å². The lowest BCUT2D eigenvalue weighted by Gasteiger charge is -2.64. The first-order valence-corrected chi connectivity index (χ1v) is 11.1. The highest BCUT2D eigenvalue weighted by Gasteiger charge is 2.69. The van der Waals surface area contributed by atoms with Gasteiger partial charge >= 0.3 is 19.2 Å². The van der Waals surface area contributed by atoms with E-state index in [0.29, 0.717) is 17.8 Å². The molecule has 2 aliphatic heterocycles. The van der Waals surface area contributed by atoms with E-state index in [1.807, 2.05) is 6.92 Å². The number of hydrogen-bond acceptors (Lipinski definition) is 4. The molecule has 8 atom stereocenters. The summed E-state index contributed by atoms with van der Waals surface area (Å²) in [6, 6.07) is -1.09. The van der Waals surface area contributed by atoms with E-state index in [-0.39, 0.29) is 30.8 Å². The summed E-state index contributed by atoms with van der Waals surface area (Å²) in [5, 5.41) is 19.2. The summed E-state index contributed by atoms with van der Waals surface area (Å²) in [6.07, 6.45) is 4.30. The number of carboxylic acids is 1. The van der Waals surface area contributed by atoms with Gasteiger partial charge in [-0.3, -0.25) is 4.90 Å². The van der Waals surface area contributed by atoms with E-state index in [0.717, 1.165) is 31.5 Å². The molecule has 6 fully saturated rings. The molecular weight excluding hydrogens is 373 g/mol. The van der Waals surface area contributed by atoms with Crippen LogP contribution in [0.15, 0.2) is 0 Å². The van der Waals surface area contributed by atoms with Crippen LogP contribution in [0.25, 0.3) is 0 Å². The molecule has 2 N–H and O–H groups in total. The fraction of sp³-hybridized carbons (Fsp3) is 0.905. The van der Waals surface area contributed by atoms with E-state index < -0.39 is 23.5 Å². The topological polar surface area (TPSA) is 96.3 Å². The zero-order valence-electron chi connectivity index (χ0n) is 17.8. The smallest absolute Gasteiger partial charge is 0.457 e.